The molecule has 0 aliphatic heterocycles. The second-order valence-electron chi connectivity index (χ2n) is 7.81. The van der Waals surface area contributed by atoms with Crippen molar-refractivity contribution in [3.63, 3.8) is 0 Å². The Balaban J connectivity index is 0.000000485. The average Bonchev–Trinajstić information content (AvgIpc) is 2.61. The molecule has 5 nitrogen and oxygen atoms in total. The number of carbonyl (C=O) groups is 2. The Labute approximate surface area is 159 Å². The Morgan fingerprint density at radius 1 is 0.808 bits per heavy atom. The van der Waals surface area contributed by atoms with Gasteiger partial charge in [-0.1, -0.05) is 77.6 Å². The van der Waals surface area contributed by atoms with Crippen LogP contribution in [0, 0.1) is 5.41 Å². The minimum absolute atomic E-state index is 0.0793. The van der Waals surface area contributed by atoms with Gasteiger partial charge in [0, 0.05) is 6.42 Å². The molecule has 0 heterocycles. The standard InChI is InChI=1S/C12H24O2.C9H17NO2/c1-2-3-4-5-6-7-8-9-10-11-12(13)14;10-7-9(6-8(11)12)4-2-1-3-5-9/h2-11H2,1H3,(H,13,14);1-7,10H2,(H,11,12). The predicted octanol–water partition coefficient (Wildman–Crippen LogP) is 5.36. The normalized spacial score (nSPS) is 15.8. The molecule has 26 heavy (non-hydrogen) atoms. The van der Waals surface area contributed by atoms with Gasteiger partial charge in [0.25, 0.3) is 0 Å². The van der Waals surface area contributed by atoms with Crippen molar-refractivity contribution in [2.75, 3.05) is 6.54 Å². The van der Waals surface area contributed by atoms with Crippen molar-refractivity contribution in [2.45, 2.75) is 110 Å². The second-order valence-corrected chi connectivity index (χ2v) is 7.81. The minimum Gasteiger partial charge on any atom is -0.481 e. The summed E-state index contributed by atoms with van der Waals surface area (Å²) in [6.45, 7) is 2.76. The van der Waals surface area contributed by atoms with Crippen molar-refractivity contribution in [3.05, 3.63) is 0 Å². The van der Waals surface area contributed by atoms with Gasteiger partial charge >= 0.3 is 11.9 Å². The maximum atomic E-state index is 10.6. The van der Waals surface area contributed by atoms with E-state index in [1.165, 1.54) is 51.4 Å². The molecule has 1 aliphatic rings. The highest BCUT2D eigenvalue weighted by atomic mass is 16.4. The maximum Gasteiger partial charge on any atom is 0.303 e. The van der Waals surface area contributed by atoms with E-state index < -0.39 is 11.9 Å². The Hall–Kier alpha value is -1.10. The molecule has 4 N–H and O–H groups in total. The number of hydrogen-bond donors (Lipinski definition) is 3. The lowest BCUT2D eigenvalue weighted by Crippen LogP contribution is -2.34. The van der Waals surface area contributed by atoms with Crippen molar-refractivity contribution in [2.24, 2.45) is 11.1 Å². The van der Waals surface area contributed by atoms with Crippen LogP contribution in [-0.4, -0.2) is 28.7 Å². The third kappa shape index (κ3) is 14.1. The van der Waals surface area contributed by atoms with E-state index >= 15 is 0 Å². The molecule has 0 aromatic rings. The predicted molar refractivity (Wildman–Crippen MR) is 106 cm³/mol. The van der Waals surface area contributed by atoms with Gasteiger partial charge < -0.3 is 15.9 Å². The molecule has 0 saturated heterocycles. The highest BCUT2D eigenvalue weighted by Crippen LogP contribution is 2.38. The van der Waals surface area contributed by atoms with Gasteiger partial charge in [-0.05, 0) is 31.2 Å². The van der Waals surface area contributed by atoms with Crippen LogP contribution in [0.1, 0.15) is 110 Å². The fraction of sp³-hybridized carbons (Fsp3) is 0.905. The Morgan fingerprint density at radius 2 is 1.31 bits per heavy atom. The summed E-state index contributed by atoms with van der Waals surface area (Å²) in [6, 6.07) is 0. The van der Waals surface area contributed by atoms with Crippen LogP contribution < -0.4 is 5.73 Å². The highest BCUT2D eigenvalue weighted by molar-refractivity contribution is 5.67. The fourth-order valence-corrected chi connectivity index (χ4v) is 3.66. The summed E-state index contributed by atoms with van der Waals surface area (Å²) >= 11 is 0. The fourth-order valence-electron chi connectivity index (χ4n) is 3.66. The van der Waals surface area contributed by atoms with Gasteiger partial charge in [-0.3, -0.25) is 9.59 Å². The SMILES string of the molecule is CCCCCCCCCCCC(=O)O.NCC1(CC(=O)O)CCCCC1. The molecule has 0 bridgehead atoms. The first kappa shape index (κ1) is 24.9. The number of aliphatic carboxylic acids is 2. The molecule has 0 aromatic carbocycles. The maximum absolute atomic E-state index is 10.6. The zero-order valence-electron chi connectivity index (χ0n) is 16.8. The Kier molecular flexibility index (Phi) is 15.4. The van der Waals surface area contributed by atoms with E-state index in [4.69, 9.17) is 15.9 Å². The Morgan fingerprint density at radius 3 is 1.73 bits per heavy atom. The zero-order valence-corrected chi connectivity index (χ0v) is 16.8. The minimum atomic E-state index is -0.706. The van der Waals surface area contributed by atoms with E-state index in [9.17, 15) is 9.59 Å². The lowest BCUT2D eigenvalue weighted by atomic mass is 9.72. The third-order valence-electron chi connectivity index (χ3n) is 5.37. The van der Waals surface area contributed by atoms with Gasteiger partial charge in [0.1, 0.15) is 0 Å². The first-order valence-corrected chi connectivity index (χ1v) is 10.6. The van der Waals surface area contributed by atoms with Gasteiger partial charge in [-0.2, -0.15) is 0 Å². The summed E-state index contributed by atoms with van der Waals surface area (Å²) < 4.78 is 0. The van der Waals surface area contributed by atoms with Crippen molar-refractivity contribution in [1.82, 2.24) is 0 Å². The summed E-state index contributed by atoms with van der Waals surface area (Å²) in [5, 5.41) is 17.1. The van der Waals surface area contributed by atoms with Crippen molar-refractivity contribution in [1.29, 1.82) is 0 Å². The topological polar surface area (TPSA) is 101 Å². The molecule has 1 fully saturated rings. The molecule has 5 heteroatoms. The second kappa shape index (κ2) is 16.1. The van der Waals surface area contributed by atoms with Crippen LogP contribution >= 0.6 is 0 Å². The van der Waals surface area contributed by atoms with Gasteiger partial charge in [-0.15, -0.1) is 0 Å². The van der Waals surface area contributed by atoms with Crippen LogP contribution in [0.3, 0.4) is 0 Å². The number of nitrogens with two attached hydrogens (primary N) is 1. The molecular weight excluding hydrogens is 330 g/mol. The van der Waals surface area contributed by atoms with Crippen LogP contribution in [0.4, 0.5) is 0 Å². The zero-order chi connectivity index (χ0) is 19.7. The van der Waals surface area contributed by atoms with E-state index in [0.29, 0.717) is 13.0 Å². The molecule has 1 aliphatic carbocycles. The van der Waals surface area contributed by atoms with Gasteiger partial charge in [0.2, 0.25) is 0 Å². The third-order valence-corrected chi connectivity index (χ3v) is 5.37. The summed E-state index contributed by atoms with van der Waals surface area (Å²) in [7, 11) is 0. The van der Waals surface area contributed by atoms with E-state index in [1.54, 1.807) is 0 Å². The molecule has 154 valence electrons. The molecule has 0 radical (unpaired) electrons. The van der Waals surface area contributed by atoms with Gasteiger partial charge in [0.15, 0.2) is 0 Å². The molecular formula is C21H41NO4. The molecule has 0 atom stereocenters. The van der Waals surface area contributed by atoms with E-state index in [0.717, 1.165) is 38.5 Å². The summed E-state index contributed by atoms with van der Waals surface area (Å²) in [6.07, 6.45) is 17.2. The molecule has 0 unspecified atom stereocenters. The van der Waals surface area contributed by atoms with Crippen molar-refractivity contribution in [3.8, 4) is 0 Å². The van der Waals surface area contributed by atoms with Crippen LogP contribution in [0.25, 0.3) is 0 Å². The number of carboxylic acids is 2. The van der Waals surface area contributed by atoms with Crippen LogP contribution in [0.15, 0.2) is 0 Å². The first-order valence-electron chi connectivity index (χ1n) is 10.6. The largest absolute Gasteiger partial charge is 0.481 e. The molecule has 0 aromatic heterocycles. The van der Waals surface area contributed by atoms with Crippen LogP contribution in [-0.2, 0) is 9.59 Å². The number of unbranched alkanes of at least 4 members (excludes halogenated alkanes) is 8. The van der Waals surface area contributed by atoms with Crippen molar-refractivity contribution >= 4 is 11.9 Å². The Bertz CT molecular complexity index is 365. The molecule has 1 saturated carbocycles. The van der Waals surface area contributed by atoms with E-state index in [-0.39, 0.29) is 11.8 Å². The highest BCUT2D eigenvalue weighted by Gasteiger charge is 2.32. The molecule has 0 amide bonds. The number of rotatable bonds is 13. The van der Waals surface area contributed by atoms with E-state index in [1.807, 2.05) is 0 Å². The number of carboxylic acid groups (broad SMARTS) is 2. The molecule has 0 spiro atoms. The molecule has 1 rings (SSSR count). The lowest BCUT2D eigenvalue weighted by molar-refractivity contribution is -0.140. The average molecular weight is 372 g/mol. The van der Waals surface area contributed by atoms with Gasteiger partial charge in [-0.25, -0.2) is 0 Å². The summed E-state index contributed by atoms with van der Waals surface area (Å²) in [5.41, 5.74) is 5.54. The van der Waals surface area contributed by atoms with Crippen LogP contribution in [0.5, 0.6) is 0 Å². The summed E-state index contributed by atoms with van der Waals surface area (Å²) in [4.78, 5) is 20.8. The first-order chi connectivity index (χ1) is 12.5. The van der Waals surface area contributed by atoms with Gasteiger partial charge in [0.05, 0.1) is 6.42 Å². The number of hydrogen-bond acceptors (Lipinski definition) is 3. The monoisotopic (exact) mass is 371 g/mol. The van der Waals surface area contributed by atoms with E-state index in [2.05, 4.69) is 6.92 Å². The van der Waals surface area contributed by atoms with Crippen molar-refractivity contribution < 1.29 is 19.8 Å². The summed E-state index contributed by atoms with van der Waals surface area (Å²) in [5.74, 6) is -1.37. The quantitative estimate of drug-likeness (QED) is 0.378. The smallest absolute Gasteiger partial charge is 0.303 e. The van der Waals surface area contributed by atoms with Crippen LogP contribution in [0.2, 0.25) is 0 Å². The lowest BCUT2D eigenvalue weighted by Gasteiger charge is -2.34.